The number of carbonyl (C=O) groups is 2. The molecule has 2 aromatic heterocycles. The molecule has 0 aliphatic rings. The summed E-state index contributed by atoms with van der Waals surface area (Å²) in [6.07, 6.45) is 6.31. The van der Waals surface area contributed by atoms with Gasteiger partial charge in [-0.05, 0) is 36.2 Å². The highest BCUT2D eigenvalue weighted by Crippen LogP contribution is 2.11. The molecule has 1 aromatic carbocycles. The Labute approximate surface area is 164 Å². The van der Waals surface area contributed by atoms with Gasteiger partial charge in [-0.3, -0.25) is 19.6 Å². The molecule has 0 atom stereocenters. The minimum atomic E-state index is -0.273. The Hall–Kier alpha value is -3.54. The second-order valence-electron chi connectivity index (χ2n) is 6.31. The minimum absolute atomic E-state index is 0.150. The number of aromatic nitrogens is 2. The summed E-state index contributed by atoms with van der Waals surface area (Å²) < 4.78 is 0. The zero-order chi connectivity index (χ0) is 19.8. The highest BCUT2D eigenvalue weighted by molar-refractivity contribution is 5.99. The average molecular weight is 374 g/mol. The summed E-state index contributed by atoms with van der Waals surface area (Å²) >= 11 is 0. The first-order valence-corrected chi connectivity index (χ1v) is 9.12. The van der Waals surface area contributed by atoms with Gasteiger partial charge in [0.25, 0.3) is 11.8 Å². The number of rotatable bonds is 7. The summed E-state index contributed by atoms with van der Waals surface area (Å²) in [6.45, 7) is 3.38. The van der Waals surface area contributed by atoms with Crippen molar-refractivity contribution in [1.82, 2.24) is 20.2 Å². The van der Waals surface area contributed by atoms with Gasteiger partial charge in [-0.2, -0.15) is 0 Å². The molecular weight excluding hydrogens is 352 g/mol. The third-order valence-electron chi connectivity index (χ3n) is 4.34. The number of hydrogen-bond donors (Lipinski definition) is 1. The van der Waals surface area contributed by atoms with Crippen LogP contribution in [0.15, 0.2) is 73.3 Å². The highest BCUT2D eigenvalue weighted by atomic mass is 16.2. The molecule has 0 saturated carbocycles. The Morgan fingerprint density at radius 2 is 1.64 bits per heavy atom. The lowest BCUT2D eigenvalue weighted by Gasteiger charge is -2.21. The van der Waals surface area contributed by atoms with Crippen LogP contribution < -0.4 is 5.32 Å². The quantitative estimate of drug-likeness (QED) is 0.690. The molecule has 0 saturated heterocycles. The summed E-state index contributed by atoms with van der Waals surface area (Å²) in [5.74, 6) is -0.423. The Balaban J connectivity index is 1.68. The first-order chi connectivity index (χ1) is 13.7. The Kier molecular flexibility index (Phi) is 6.46. The standard InChI is InChI=1S/C22H22N4O2/c1-2-26(16-18-6-4-3-5-7-18)22(28)20-12-19(14-24-15-20)21(27)25-13-17-8-10-23-11-9-17/h3-12,14-15H,2,13,16H2,1H3,(H,25,27). The van der Waals surface area contributed by atoms with Gasteiger partial charge in [0.05, 0.1) is 11.1 Å². The summed E-state index contributed by atoms with van der Waals surface area (Å²) in [5, 5.41) is 2.83. The Morgan fingerprint density at radius 3 is 2.36 bits per heavy atom. The second-order valence-corrected chi connectivity index (χ2v) is 6.31. The van der Waals surface area contributed by atoms with Crippen LogP contribution in [-0.4, -0.2) is 33.2 Å². The first kappa shape index (κ1) is 19.2. The van der Waals surface area contributed by atoms with Crippen LogP contribution in [0.4, 0.5) is 0 Å². The van der Waals surface area contributed by atoms with E-state index in [1.807, 2.05) is 49.4 Å². The predicted octanol–water partition coefficient (Wildman–Crippen LogP) is 3.07. The molecule has 0 unspecified atom stereocenters. The van der Waals surface area contributed by atoms with Gasteiger partial charge in [0.15, 0.2) is 0 Å². The maximum atomic E-state index is 12.9. The maximum Gasteiger partial charge on any atom is 0.255 e. The topological polar surface area (TPSA) is 75.2 Å². The Morgan fingerprint density at radius 1 is 0.929 bits per heavy atom. The van der Waals surface area contributed by atoms with Gasteiger partial charge in [0.2, 0.25) is 0 Å². The number of nitrogens with one attached hydrogen (secondary N) is 1. The van der Waals surface area contributed by atoms with Gasteiger partial charge in [-0.15, -0.1) is 0 Å². The minimum Gasteiger partial charge on any atom is -0.348 e. The van der Waals surface area contributed by atoms with Gasteiger partial charge in [-0.25, -0.2) is 0 Å². The largest absolute Gasteiger partial charge is 0.348 e. The number of carbonyl (C=O) groups excluding carboxylic acids is 2. The Bertz CT molecular complexity index is 930. The summed E-state index contributed by atoms with van der Waals surface area (Å²) in [7, 11) is 0. The fourth-order valence-electron chi connectivity index (χ4n) is 2.78. The van der Waals surface area contributed by atoms with Crippen LogP contribution in [0.5, 0.6) is 0 Å². The zero-order valence-electron chi connectivity index (χ0n) is 15.7. The molecule has 0 spiro atoms. The van der Waals surface area contributed by atoms with Gasteiger partial charge >= 0.3 is 0 Å². The average Bonchev–Trinajstić information content (AvgIpc) is 2.77. The lowest BCUT2D eigenvalue weighted by Crippen LogP contribution is -2.31. The van der Waals surface area contributed by atoms with Crippen LogP contribution in [0.2, 0.25) is 0 Å². The fourth-order valence-corrected chi connectivity index (χ4v) is 2.78. The molecule has 6 heteroatoms. The molecule has 0 aliphatic heterocycles. The van der Waals surface area contributed by atoms with Crippen molar-refractivity contribution >= 4 is 11.8 Å². The van der Waals surface area contributed by atoms with Crippen LogP contribution >= 0.6 is 0 Å². The van der Waals surface area contributed by atoms with Gasteiger partial charge in [-0.1, -0.05) is 30.3 Å². The molecule has 2 heterocycles. The van der Waals surface area contributed by atoms with E-state index in [0.29, 0.717) is 30.8 Å². The van der Waals surface area contributed by atoms with Crippen molar-refractivity contribution < 1.29 is 9.59 Å². The van der Waals surface area contributed by atoms with Gasteiger partial charge in [0, 0.05) is 44.4 Å². The first-order valence-electron chi connectivity index (χ1n) is 9.12. The smallest absolute Gasteiger partial charge is 0.255 e. The van der Waals surface area contributed by atoms with Crippen molar-refractivity contribution in [3.63, 3.8) is 0 Å². The van der Waals surface area contributed by atoms with Crippen LogP contribution in [0.25, 0.3) is 0 Å². The zero-order valence-corrected chi connectivity index (χ0v) is 15.7. The molecule has 142 valence electrons. The molecule has 1 N–H and O–H groups in total. The molecule has 3 aromatic rings. The fraction of sp³-hybridized carbons (Fsp3) is 0.182. The molecule has 0 aliphatic carbocycles. The van der Waals surface area contributed by atoms with Crippen molar-refractivity contribution in [3.8, 4) is 0 Å². The van der Waals surface area contributed by atoms with Crippen LogP contribution in [0.3, 0.4) is 0 Å². The molecular formula is C22H22N4O2. The van der Waals surface area contributed by atoms with E-state index in [2.05, 4.69) is 15.3 Å². The van der Waals surface area contributed by atoms with E-state index in [-0.39, 0.29) is 11.8 Å². The SMILES string of the molecule is CCN(Cc1ccccc1)C(=O)c1cncc(C(=O)NCc2ccncc2)c1. The number of hydrogen-bond acceptors (Lipinski definition) is 4. The van der Waals surface area contributed by atoms with E-state index >= 15 is 0 Å². The lowest BCUT2D eigenvalue weighted by atomic mass is 10.1. The van der Waals surface area contributed by atoms with E-state index in [0.717, 1.165) is 11.1 Å². The predicted molar refractivity (Wildman–Crippen MR) is 107 cm³/mol. The van der Waals surface area contributed by atoms with E-state index in [4.69, 9.17) is 0 Å². The van der Waals surface area contributed by atoms with Crippen LogP contribution in [-0.2, 0) is 13.1 Å². The maximum absolute atomic E-state index is 12.9. The molecule has 3 rings (SSSR count). The monoisotopic (exact) mass is 374 g/mol. The van der Waals surface area contributed by atoms with E-state index in [1.165, 1.54) is 12.4 Å². The summed E-state index contributed by atoms with van der Waals surface area (Å²) in [4.78, 5) is 35.1. The molecule has 6 nitrogen and oxygen atoms in total. The summed E-state index contributed by atoms with van der Waals surface area (Å²) in [5.41, 5.74) is 2.76. The molecule has 28 heavy (non-hydrogen) atoms. The number of nitrogens with zero attached hydrogens (tertiary/aromatic N) is 3. The number of benzene rings is 1. The van der Waals surface area contributed by atoms with E-state index in [1.54, 1.807) is 23.4 Å². The van der Waals surface area contributed by atoms with Crippen LogP contribution in [0, 0.1) is 0 Å². The van der Waals surface area contributed by atoms with Crippen molar-refractivity contribution in [1.29, 1.82) is 0 Å². The number of pyridine rings is 2. The van der Waals surface area contributed by atoms with Crippen molar-refractivity contribution in [2.24, 2.45) is 0 Å². The summed E-state index contributed by atoms with van der Waals surface area (Å²) in [6, 6.07) is 15.1. The third kappa shape index (κ3) is 5.01. The van der Waals surface area contributed by atoms with Gasteiger partial charge < -0.3 is 10.2 Å². The number of amides is 2. The normalized spacial score (nSPS) is 10.3. The van der Waals surface area contributed by atoms with E-state index < -0.39 is 0 Å². The van der Waals surface area contributed by atoms with Crippen LogP contribution in [0.1, 0.15) is 38.8 Å². The van der Waals surface area contributed by atoms with Crippen molar-refractivity contribution in [2.75, 3.05) is 6.54 Å². The molecule has 0 fully saturated rings. The molecule has 2 amide bonds. The lowest BCUT2D eigenvalue weighted by molar-refractivity contribution is 0.0752. The molecule has 0 bridgehead atoms. The third-order valence-corrected chi connectivity index (χ3v) is 4.34. The van der Waals surface area contributed by atoms with Crippen molar-refractivity contribution in [3.05, 3.63) is 95.6 Å². The second kappa shape index (κ2) is 9.41. The molecule has 0 radical (unpaired) electrons. The van der Waals surface area contributed by atoms with E-state index in [9.17, 15) is 9.59 Å². The van der Waals surface area contributed by atoms with Crippen molar-refractivity contribution in [2.45, 2.75) is 20.0 Å². The van der Waals surface area contributed by atoms with Gasteiger partial charge in [0.1, 0.15) is 0 Å². The highest BCUT2D eigenvalue weighted by Gasteiger charge is 2.17.